The molecule has 2 saturated heterocycles. The molecule has 1 saturated carbocycles. The summed E-state index contributed by atoms with van der Waals surface area (Å²) in [5.74, 6) is 0.751. The molecule has 0 radical (unpaired) electrons. The predicted octanol–water partition coefficient (Wildman–Crippen LogP) is 1.89. The molecule has 6 heteroatoms. The summed E-state index contributed by atoms with van der Waals surface area (Å²) in [5, 5.41) is 0. The third-order valence-electron chi connectivity index (χ3n) is 6.28. The fraction of sp³-hybridized carbons (Fsp3) is 0.850. The van der Waals surface area contributed by atoms with Gasteiger partial charge in [-0.2, -0.15) is 0 Å². The van der Waals surface area contributed by atoms with Gasteiger partial charge in [-0.25, -0.2) is 0 Å². The van der Waals surface area contributed by atoms with E-state index in [1.807, 2.05) is 21.6 Å². The van der Waals surface area contributed by atoms with Crippen LogP contribution in [0.1, 0.15) is 58.3 Å². The average Bonchev–Trinajstić information content (AvgIpc) is 2.73. The first-order valence-electron chi connectivity index (χ1n) is 10.5. The summed E-state index contributed by atoms with van der Waals surface area (Å²) in [7, 11) is 0. The van der Waals surface area contributed by atoms with Crippen molar-refractivity contribution in [1.82, 2.24) is 14.7 Å². The summed E-state index contributed by atoms with van der Waals surface area (Å²) in [5.41, 5.74) is 0. The van der Waals surface area contributed by atoms with Gasteiger partial charge in [-0.05, 0) is 25.7 Å². The van der Waals surface area contributed by atoms with Crippen molar-refractivity contribution in [3.63, 3.8) is 0 Å². The minimum absolute atomic E-state index is 0.0696. The zero-order valence-electron chi connectivity index (χ0n) is 16.1. The van der Waals surface area contributed by atoms with E-state index in [4.69, 9.17) is 0 Å². The van der Waals surface area contributed by atoms with Gasteiger partial charge < -0.3 is 14.7 Å². The van der Waals surface area contributed by atoms with Crippen LogP contribution in [0, 0.1) is 11.8 Å². The lowest BCUT2D eigenvalue weighted by molar-refractivity contribution is -0.147. The Morgan fingerprint density at radius 1 is 0.692 bits per heavy atom. The molecule has 0 aromatic rings. The molecule has 6 nitrogen and oxygen atoms in total. The Morgan fingerprint density at radius 2 is 1.23 bits per heavy atom. The predicted molar refractivity (Wildman–Crippen MR) is 99.3 cm³/mol. The Kier molecular flexibility index (Phi) is 6.54. The molecule has 1 aliphatic carbocycles. The van der Waals surface area contributed by atoms with Gasteiger partial charge in [0.1, 0.15) is 0 Å². The molecule has 0 aromatic carbocycles. The second kappa shape index (κ2) is 8.87. The van der Waals surface area contributed by atoms with Gasteiger partial charge in [-0.1, -0.05) is 26.2 Å². The van der Waals surface area contributed by atoms with E-state index in [9.17, 15) is 14.4 Å². The normalized spacial score (nSPS) is 25.3. The Balaban J connectivity index is 1.48. The quantitative estimate of drug-likeness (QED) is 0.769. The summed E-state index contributed by atoms with van der Waals surface area (Å²) in [6, 6.07) is 0. The number of likely N-dealkylation sites (tertiary alicyclic amines) is 1. The first-order valence-corrected chi connectivity index (χ1v) is 10.5. The number of hydrogen-bond donors (Lipinski definition) is 0. The molecule has 0 bridgehead atoms. The lowest BCUT2D eigenvalue weighted by atomic mass is 9.88. The molecule has 1 atom stereocenters. The zero-order chi connectivity index (χ0) is 18.5. The number of rotatable bonds is 3. The van der Waals surface area contributed by atoms with E-state index in [-0.39, 0.29) is 23.7 Å². The molecule has 1 unspecified atom stereocenters. The molecule has 2 heterocycles. The number of piperidine rings is 1. The monoisotopic (exact) mass is 363 g/mol. The maximum atomic E-state index is 12.9. The van der Waals surface area contributed by atoms with Crippen LogP contribution in [-0.2, 0) is 14.4 Å². The molecular formula is C20H33N3O3. The Labute approximate surface area is 156 Å². The van der Waals surface area contributed by atoms with E-state index >= 15 is 0 Å². The molecule has 3 rings (SSSR count). The average molecular weight is 364 g/mol. The van der Waals surface area contributed by atoms with E-state index in [1.54, 1.807) is 0 Å². The van der Waals surface area contributed by atoms with Gasteiger partial charge >= 0.3 is 0 Å². The second-order valence-electron chi connectivity index (χ2n) is 8.02. The van der Waals surface area contributed by atoms with E-state index in [1.165, 1.54) is 19.3 Å². The van der Waals surface area contributed by atoms with Gasteiger partial charge in [0.2, 0.25) is 17.7 Å². The molecule has 3 fully saturated rings. The van der Waals surface area contributed by atoms with Crippen molar-refractivity contribution in [2.75, 3.05) is 39.3 Å². The van der Waals surface area contributed by atoms with E-state index in [0.29, 0.717) is 45.1 Å². The van der Waals surface area contributed by atoms with Crippen LogP contribution in [0.15, 0.2) is 0 Å². The highest BCUT2D eigenvalue weighted by molar-refractivity contribution is 5.82. The molecule has 2 aliphatic heterocycles. The highest BCUT2D eigenvalue weighted by Gasteiger charge is 2.34. The smallest absolute Gasteiger partial charge is 0.227 e. The van der Waals surface area contributed by atoms with Crippen molar-refractivity contribution < 1.29 is 14.4 Å². The number of amides is 3. The van der Waals surface area contributed by atoms with Gasteiger partial charge in [-0.3, -0.25) is 14.4 Å². The van der Waals surface area contributed by atoms with Crippen molar-refractivity contribution >= 4 is 17.7 Å². The summed E-state index contributed by atoms with van der Waals surface area (Å²) in [6.07, 6.45) is 7.93. The lowest BCUT2D eigenvalue weighted by Gasteiger charge is -2.40. The topological polar surface area (TPSA) is 60.9 Å². The van der Waals surface area contributed by atoms with Gasteiger partial charge in [-0.15, -0.1) is 0 Å². The first-order chi connectivity index (χ1) is 12.6. The van der Waals surface area contributed by atoms with Crippen molar-refractivity contribution in [2.24, 2.45) is 11.8 Å². The van der Waals surface area contributed by atoms with Crippen molar-refractivity contribution in [2.45, 2.75) is 58.3 Å². The summed E-state index contributed by atoms with van der Waals surface area (Å²) >= 11 is 0. The van der Waals surface area contributed by atoms with Crippen LogP contribution >= 0.6 is 0 Å². The molecule has 3 amide bonds. The standard InChI is InChI=1S/C20H33N3O3/c1-2-18(24)23-10-6-9-17(15-23)20(26)22-13-11-21(12-14-22)19(25)16-7-4-3-5-8-16/h16-17H,2-15H2,1H3. The molecule has 0 spiro atoms. The van der Waals surface area contributed by atoms with Crippen LogP contribution in [0.25, 0.3) is 0 Å². The minimum atomic E-state index is -0.0696. The number of piperazine rings is 1. The van der Waals surface area contributed by atoms with Crippen LogP contribution in [-0.4, -0.2) is 71.7 Å². The van der Waals surface area contributed by atoms with E-state index in [0.717, 1.165) is 32.2 Å². The number of hydrogen-bond acceptors (Lipinski definition) is 3. The van der Waals surface area contributed by atoms with Crippen molar-refractivity contribution in [1.29, 1.82) is 0 Å². The third-order valence-corrected chi connectivity index (χ3v) is 6.28. The van der Waals surface area contributed by atoms with Crippen LogP contribution in [0.5, 0.6) is 0 Å². The minimum Gasteiger partial charge on any atom is -0.342 e. The number of nitrogens with zero attached hydrogens (tertiary/aromatic N) is 3. The van der Waals surface area contributed by atoms with Gasteiger partial charge in [0.05, 0.1) is 5.92 Å². The fourth-order valence-corrected chi connectivity index (χ4v) is 4.64. The lowest BCUT2D eigenvalue weighted by Crippen LogP contribution is -2.55. The Hall–Kier alpha value is -1.59. The molecule has 146 valence electrons. The fourth-order valence-electron chi connectivity index (χ4n) is 4.64. The third kappa shape index (κ3) is 4.38. The first kappa shape index (κ1) is 19.2. The molecule has 0 aromatic heterocycles. The number of carbonyl (C=O) groups excluding carboxylic acids is 3. The van der Waals surface area contributed by atoms with Crippen molar-refractivity contribution in [3.8, 4) is 0 Å². The largest absolute Gasteiger partial charge is 0.342 e. The van der Waals surface area contributed by atoms with Crippen molar-refractivity contribution in [3.05, 3.63) is 0 Å². The zero-order valence-corrected chi connectivity index (χ0v) is 16.1. The molecular weight excluding hydrogens is 330 g/mol. The molecule has 3 aliphatic rings. The SMILES string of the molecule is CCC(=O)N1CCCC(C(=O)N2CCN(C(=O)C3CCCCC3)CC2)C1. The van der Waals surface area contributed by atoms with Crippen LogP contribution in [0.2, 0.25) is 0 Å². The van der Waals surface area contributed by atoms with Gasteiger partial charge in [0.25, 0.3) is 0 Å². The van der Waals surface area contributed by atoms with Crippen LogP contribution in [0.3, 0.4) is 0 Å². The van der Waals surface area contributed by atoms with Crippen LogP contribution < -0.4 is 0 Å². The van der Waals surface area contributed by atoms with E-state index < -0.39 is 0 Å². The Morgan fingerprint density at radius 3 is 1.81 bits per heavy atom. The number of carbonyl (C=O) groups is 3. The summed E-state index contributed by atoms with van der Waals surface area (Å²) in [6.45, 7) is 5.80. The highest BCUT2D eigenvalue weighted by Crippen LogP contribution is 2.26. The summed E-state index contributed by atoms with van der Waals surface area (Å²) in [4.78, 5) is 43.2. The van der Waals surface area contributed by atoms with E-state index in [2.05, 4.69) is 0 Å². The maximum Gasteiger partial charge on any atom is 0.227 e. The van der Waals surface area contributed by atoms with Gasteiger partial charge in [0, 0.05) is 51.6 Å². The molecule has 26 heavy (non-hydrogen) atoms. The maximum absolute atomic E-state index is 12.9. The highest BCUT2D eigenvalue weighted by atomic mass is 16.2. The van der Waals surface area contributed by atoms with Crippen LogP contribution in [0.4, 0.5) is 0 Å². The van der Waals surface area contributed by atoms with Gasteiger partial charge in [0.15, 0.2) is 0 Å². The molecule has 0 N–H and O–H groups in total. The Bertz CT molecular complexity index is 522. The second-order valence-corrected chi connectivity index (χ2v) is 8.02. The summed E-state index contributed by atoms with van der Waals surface area (Å²) < 4.78 is 0.